The highest BCUT2D eigenvalue weighted by Crippen LogP contribution is 1.99. The monoisotopic (exact) mass is 215 g/mol. The Hall–Kier alpha value is -0.370. The van der Waals surface area contributed by atoms with Gasteiger partial charge in [0.25, 0.3) is 0 Å². The number of hydrogen-bond donors (Lipinski definition) is 0. The Morgan fingerprint density at radius 1 is 1.00 bits per heavy atom. The van der Waals surface area contributed by atoms with E-state index in [0.29, 0.717) is 0 Å². The fraction of sp³-hybridized carbons (Fsp3) is 0.444. The first-order valence-corrected chi connectivity index (χ1v) is 3.55. The fourth-order valence-corrected chi connectivity index (χ4v) is 1.17. The predicted molar refractivity (Wildman–Crippen MR) is 41.8 cm³/mol. The van der Waals surface area contributed by atoms with E-state index in [1.807, 2.05) is 0 Å². The average molecular weight is 216 g/mol. The molecular weight excluding hydrogens is 202 g/mol. The van der Waals surface area contributed by atoms with Gasteiger partial charge in [-0.3, -0.25) is 0 Å². The van der Waals surface area contributed by atoms with Crippen molar-refractivity contribution < 1.29 is 21.5 Å². The summed E-state index contributed by atoms with van der Waals surface area (Å²) in [5, 5.41) is 0. The smallest absolute Gasteiger partial charge is 0.178 e. The molecule has 0 saturated heterocycles. The highest BCUT2D eigenvalue weighted by Gasteiger charge is 2.03. The second kappa shape index (κ2) is 3.86. The van der Waals surface area contributed by atoms with Gasteiger partial charge >= 0.3 is 0 Å². The Bertz CT molecular complexity index is 233. The van der Waals surface area contributed by atoms with Gasteiger partial charge in [0, 0.05) is 26.0 Å². The Balaban J connectivity index is 0.000001000. The summed E-state index contributed by atoms with van der Waals surface area (Å²) in [5.41, 5.74) is 3.98. The molecule has 1 rings (SSSR count). The molecule has 0 aliphatic carbocycles. The maximum Gasteiger partial charge on any atom is 0.178 e. The van der Waals surface area contributed by atoms with Gasteiger partial charge in [0.2, 0.25) is 0 Å². The summed E-state index contributed by atoms with van der Waals surface area (Å²) in [7, 11) is 2.09. The quantitative estimate of drug-likeness (QED) is 0.462. The molecule has 0 aromatic carbocycles. The van der Waals surface area contributed by atoms with Crippen LogP contribution in [0, 0.1) is 20.8 Å². The van der Waals surface area contributed by atoms with Crippen LogP contribution in [0.3, 0.4) is 0 Å². The molecular formula is C9H14BrN. The molecule has 0 bridgehead atoms. The lowest BCUT2D eigenvalue weighted by Crippen LogP contribution is -3.00. The maximum absolute atomic E-state index is 2.19. The van der Waals surface area contributed by atoms with Crippen LogP contribution in [0.25, 0.3) is 0 Å². The third-order valence-corrected chi connectivity index (χ3v) is 1.93. The van der Waals surface area contributed by atoms with Crippen LogP contribution in [0.5, 0.6) is 0 Å². The van der Waals surface area contributed by atoms with Crippen molar-refractivity contribution in [3.63, 3.8) is 0 Å². The van der Waals surface area contributed by atoms with Crippen molar-refractivity contribution in [3.05, 3.63) is 29.1 Å². The van der Waals surface area contributed by atoms with Crippen molar-refractivity contribution >= 4 is 0 Å². The van der Waals surface area contributed by atoms with E-state index in [2.05, 4.69) is 44.5 Å². The number of halogens is 1. The number of aryl methyl sites for hydroxylation is 3. The SMILES string of the molecule is Cc1cc(C)[n+](C)c(C)c1.[Br-]. The van der Waals surface area contributed by atoms with E-state index in [9.17, 15) is 0 Å². The van der Waals surface area contributed by atoms with E-state index >= 15 is 0 Å². The Morgan fingerprint density at radius 3 is 1.73 bits per heavy atom. The number of rotatable bonds is 0. The summed E-state index contributed by atoms with van der Waals surface area (Å²) in [6, 6.07) is 4.38. The topological polar surface area (TPSA) is 3.88 Å². The molecule has 0 saturated carbocycles. The van der Waals surface area contributed by atoms with Crippen LogP contribution in [0.4, 0.5) is 0 Å². The minimum absolute atomic E-state index is 0. The number of hydrogen-bond acceptors (Lipinski definition) is 0. The van der Waals surface area contributed by atoms with Crippen LogP contribution < -0.4 is 21.5 Å². The van der Waals surface area contributed by atoms with Gasteiger partial charge < -0.3 is 17.0 Å². The summed E-state index contributed by atoms with van der Waals surface area (Å²) < 4.78 is 2.19. The van der Waals surface area contributed by atoms with Crippen LogP contribution in [0.1, 0.15) is 17.0 Å². The number of pyridine rings is 1. The summed E-state index contributed by atoms with van der Waals surface area (Å²) in [4.78, 5) is 0. The van der Waals surface area contributed by atoms with Crippen molar-refractivity contribution in [1.82, 2.24) is 0 Å². The lowest BCUT2D eigenvalue weighted by Gasteiger charge is -1.98. The zero-order chi connectivity index (χ0) is 7.72. The molecule has 0 spiro atoms. The molecule has 0 aliphatic heterocycles. The van der Waals surface area contributed by atoms with Crippen LogP contribution in [0.15, 0.2) is 12.1 Å². The molecule has 0 N–H and O–H groups in total. The zero-order valence-electron chi connectivity index (χ0n) is 7.48. The van der Waals surface area contributed by atoms with Gasteiger partial charge in [-0.2, -0.15) is 0 Å². The van der Waals surface area contributed by atoms with Gasteiger partial charge in [0.15, 0.2) is 11.4 Å². The van der Waals surface area contributed by atoms with Gasteiger partial charge in [-0.25, -0.2) is 4.57 Å². The van der Waals surface area contributed by atoms with Crippen molar-refractivity contribution in [1.29, 1.82) is 0 Å². The normalized spacial score (nSPS) is 9.09. The molecule has 1 nitrogen and oxygen atoms in total. The van der Waals surface area contributed by atoms with Gasteiger partial charge in [-0.05, 0) is 12.5 Å². The summed E-state index contributed by atoms with van der Waals surface area (Å²) in [5.74, 6) is 0. The molecule has 2 heteroatoms. The number of aromatic nitrogens is 1. The van der Waals surface area contributed by atoms with Gasteiger partial charge in [-0.1, -0.05) is 0 Å². The van der Waals surface area contributed by atoms with Crippen LogP contribution in [-0.4, -0.2) is 0 Å². The third-order valence-electron chi connectivity index (χ3n) is 1.93. The van der Waals surface area contributed by atoms with E-state index in [1.54, 1.807) is 0 Å². The second-order valence-corrected chi connectivity index (χ2v) is 2.87. The largest absolute Gasteiger partial charge is 1.00 e. The highest BCUT2D eigenvalue weighted by molar-refractivity contribution is 5.13. The van der Waals surface area contributed by atoms with E-state index in [1.165, 1.54) is 17.0 Å². The molecule has 1 aromatic heterocycles. The van der Waals surface area contributed by atoms with Crippen LogP contribution in [-0.2, 0) is 7.05 Å². The number of nitrogens with zero attached hydrogens (tertiary/aromatic N) is 1. The third kappa shape index (κ3) is 2.29. The summed E-state index contributed by atoms with van der Waals surface area (Å²) in [6.45, 7) is 6.38. The van der Waals surface area contributed by atoms with Crippen LogP contribution >= 0.6 is 0 Å². The van der Waals surface area contributed by atoms with Crippen molar-refractivity contribution in [2.75, 3.05) is 0 Å². The van der Waals surface area contributed by atoms with Gasteiger partial charge in [0.05, 0.1) is 0 Å². The highest BCUT2D eigenvalue weighted by atomic mass is 79.9. The molecule has 0 fully saturated rings. The van der Waals surface area contributed by atoms with E-state index in [-0.39, 0.29) is 17.0 Å². The molecule has 0 atom stereocenters. The van der Waals surface area contributed by atoms with Crippen molar-refractivity contribution in [2.45, 2.75) is 20.8 Å². The lowest BCUT2D eigenvalue weighted by atomic mass is 10.2. The van der Waals surface area contributed by atoms with E-state index in [4.69, 9.17) is 0 Å². The minimum atomic E-state index is 0. The molecule has 0 aliphatic rings. The molecule has 1 aromatic rings. The van der Waals surface area contributed by atoms with Gasteiger partial charge in [-0.15, -0.1) is 0 Å². The Labute approximate surface area is 78.8 Å². The first-order valence-electron chi connectivity index (χ1n) is 3.55. The molecule has 0 radical (unpaired) electrons. The molecule has 11 heavy (non-hydrogen) atoms. The zero-order valence-corrected chi connectivity index (χ0v) is 9.07. The van der Waals surface area contributed by atoms with E-state index < -0.39 is 0 Å². The van der Waals surface area contributed by atoms with Gasteiger partial charge in [0.1, 0.15) is 7.05 Å². The molecule has 62 valence electrons. The summed E-state index contributed by atoms with van der Waals surface area (Å²) >= 11 is 0. The van der Waals surface area contributed by atoms with Crippen molar-refractivity contribution in [3.8, 4) is 0 Å². The molecule has 0 amide bonds. The first-order chi connectivity index (χ1) is 4.61. The van der Waals surface area contributed by atoms with Crippen molar-refractivity contribution in [2.24, 2.45) is 7.05 Å². The van der Waals surface area contributed by atoms with E-state index in [0.717, 1.165) is 0 Å². The average Bonchev–Trinajstić information content (AvgIpc) is 1.82. The first kappa shape index (κ1) is 10.6. The minimum Gasteiger partial charge on any atom is -1.00 e. The van der Waals surface area contributed by atoms with Crippen LogP contribution in [0.2, 0.25) is 0 Å². The molecule has 0 unspecified atom stereocenters. The fourth-order valence-electron chi connectivity index (χ4n) is 1.17. The maximum atomic E-state index is 2.19. The molecule has 1 heterocycles. The predicted octanol–water partition coefficient (Wildman–Crippen LogP) is -1.56. The second-order valence-electron chi connectivity index (χ2n) is 2.87. The Kier molecular flexibility index (Phi) is 3.73. The Morgan fingerprint density at radius 2 is 1.36 bits per heavy atom. The summed E-state index contributed by atoms with van der Waals surface area (Å²) in [6.07, 6.45) is 0. The standard InChI is InChI=1S/C9H14N.BrH/c1-7-5-8(2)10(4)9(3)6-7;/h5-6H,1-4H3;1H/q+1;/p-1. The lowest BCUT2D eigenvalue weighted by molar-refractivity contribution is -0.683.